The molecule has 82 valence electrons. The van der Waals surface area contributed by atoms with Crippen molar-refractivity contribution in [2.24, 2.45) is 5.92 Å². The molecule has 0 aliphatic heterocycles. The average molecular weight is 224 g/mol. The number of hydrogen-bond acceptors (Lipinski definition) is 1. The predicted molar refractivity (Wildman–Crippen MR) is 38.3 cm³/mol. The molecule has 0 aromatic carbocycles. The minimum Gasteiger partial charge on any atom is -0.276 e. The molecule has 1 saturated carbocycles. The van der Waals surface area contributed by atoms with E-state index in [1.165, 1.54) is 0 Å². The molecule has 15 heavy (non-hydrogen) atoms. The molecule has 3 rings (SSSR count). The van der Waals surface area contributed by atoms with Crippen LogP contribution in [0.4, 0.5) is 22.0 Å². The van der Waals surface area contributed by atoms with Crippen molar-refractivity contribution in [1.29, 1.82) is 0 Å². The number of hydrogen-bond donors (Lipinski definition) is 1. The van der Waals surface area contributed by atoms with Crippen LogP contribution in [0.1, 0.15) is 29.3 Å². The molecule has 1 aromatic heterocycles. The quantitative estimate of drug-likeness (QED) is 0.674. The van der Waals surface area contributed by atoms with Crippen LogP contribution in [-0.2, 0) is 12.1 Å². The molecule has 1 fully saturated rings. The van der Waals surface area contributed by atoms with Gasteiger partial charge in [-0.05, 0) is 12.3 Å². The smallest absolute Gasteiger partial charge is 0.276 e. The fourth-order valence-corrected chi connectivity index (χ4v) is 2.28. The van der Waals surface area contributed by atoms with Crippen molar-refractivity contribution in [2.45, 2.75) is 24.4 Å². The van der Waals surface area contributed by atoms with Crippen molar-refractivity contribution >= 4 is 0 Å². The van der Waals surface area contributed by atoms with Crippen molar-refractivity contribution in [1.82, 2.24) is 10.2 Å². The molecule has 2 aliphatic carbocycles. The molecular formula is C8H5F5N2. The molecule has 2 atom stereocenters. The van der Waals surface area contributed by atoms with Crippen LogP contribution in [0.3, 0.4) is 0 Å². The van der Waals surface area contributed by atoms with Crippen LogP contribution in [-0.4, -0.2) is 10.2 Å². The number of halogens is 5. The maximum Gasteiger partial charge on any atom is 0.435 e. The summed E-state index contributed by atoms with van der Waals surface area (Å²) >= 11 is 0. The summed E-state index contributed by atoms with van der Waals surface area (Å²) < 4.78 is 63.8. The molecule has 1 aromatic rings. The van der Waals surface area contributed by atoms with Gasteiger partial charge < -0.3 is 0 Å². The van der Waals surface area contributed by atoms with E-state index in [9.17, 15) is 22.0 Å². The first-order valence-electron chi connectivity index (χ1n) is 4.37. The maximum atomic E-state index is 13.3. The summed E-state index contributed by atoms with van der Waals surface area (Å²) in [6, 6.07) is 0. The zero-order valence-electron chi connectivity index (χ0n) is 7.20. The number of alkyl halides is 5. The van der Waals surface area contributed by atoms with Crippen LogP contribution >= 0.6 is 0 Å². The standard InChI is InChI=1S/C8H5F5N2/c9-7(10)3-1-2(3)4-5(7)14-15-6(4)8(11,12)13/h2-3H,1H2,(H,14,15)/t2-,3?/m0/s1. The van der Waals surface area contributed by atoms with Gasteiger partial charge in [-0.2, -0.15) is 27.1 Å². The summed E-state index contributed by atoms with van der Waals surface area (Å²) in [4.78, 5) is 0. The molecule has 2 aliphatic rings. The second kappa shape index (κ2) is 2.17. The van der Waals surface area contributed by atoms with Gasteiger partial charge >= 0.3 is 6.18 Å². The third-order valence-corrected chi connectivity index (χ3v) is 3.03. The maximum absolute atomic E-state index is 13.3. The lowest BCUT2D eigenvalue weighted by Gasteiger charge is -2.09. The number of fused-ring (bicyclic) bond motifs is 3. The van der Waals surface area contributed by atoms with E-state index in [-0.39, 0.29) is 12.0 Å². The number of H-pyrrole nitrogens is 1. The third kappa shape index (κ3) is 0.955. The van der Waals surface area contributed by atoms with Gasteiger partial charge in [0.1, 0.15) is 5.69 Å². The van der Waals surface area contributed by atoms with Crippen molar-refractivity contribution in [3.8, 4) is 0 Å². The summed E-state index contributed by atoms with van der Waals surface area (Å²) in [5.41, 5.74) is -2.14. The summed E-state index contributed by atoms with van der Waals surface area (Å²) in [5.74, 6) is -4.79. The molecule has 0 saturated heterocycles. The lowest BCUT2D eigenvalue weighted by molar-refractivity contribution is -0.141. The first-order chi connectivity index (χ1) is 6.83. The Morgan fingerprint density at radius 3 is 2.60 bits per heavy atom. The molecule has 7 heteroatoms. The summed E-state index contributed by atoms with van der Waals surface area (Å²) in [6.07, 6.45) is -4.53. The molecule has 0 spiro atoms. The van der Waals surface area contributed by atoms with Gasteiger partial charge in [0.05, 0.1) is 0 Å². The van der Waals surface area contributed by atoms with E-state index in [0.29, 0.717) is 0 Å². The van der Waals surface area contributed by atoms with E-state index in [1.54, 1.807) is 0 Å². The van der Waals surface area contributed by atoms with Gasteiger partial charge in [-0.25, -0.2) is 0 Å². The van der Waals surface area contributed by atoms with Gasteiger partial charge in [-0.3, -0.25) is 5.10 Å². The minimum absolute atomic E-state index is 0.128. The number of rotatable bonds is 0. The van der Waals surface area contributed by atoms with E-state index in [0.717, 1.165) is 0 Å². The molecule has 1 N–H and O–H groups in total. The van der Waals surface area contributed by atoms with Crippen LogP contribution in [0.25, 0.3) is 0 Å². The van der Waals surface area contributed by atoms with Crippen LogP contribution in [0, 0.1) is 5.92 Å². The van der Waals surface area contributed by atoms with Crippen molar-refractivity contribution < 1.29 is 22.0 Å². The molecule has 1 unspecified atom stereocenters. The van der Waals surface area contributed by atoms with Crippen LogP contribution in [0.2, 0.25) is 0 Å². The van der Waals surface area contributed by atoms with Gasteiger partial charge in [-0.15, -0.1) is 0 Å². The Labute approximate surface area is 80.5 Å². The van der Waals surface area contributed by atoms with Gasteiger partial charge in [0.2, 0.25) is 0 Å². The Bertz CT molecular complexity index is 433. The van der Waals surface area contributed by atoms with Crippen LogP contribution < -0.4 is 0 Å². The van der Waals surface area contributed by atoms with Crippen LogP contribution in [0.5, 0.6) is 0 Å². The summed E-state index contributed by atoms with van der Waals surface area (Å²) in [5, 5.41) is 4.78. The highest BCUT2D eigenvalue weighted by molar-refractivity contribution is 5.45. The molecule has 0 amide bonds. The van der Waals surface area contributed by atoms with Gasteiger partial charge in [-0.1, -0.05) is 0 Å². The topological polar surface area (TPSA) is 28.7 Å². The Kier molecular flexibility index (Phi) is 1.32. The number of nitrogens with one attached hydrogen (secondary N) is 1. The lowest BCUT2D eigenvalue weighted by atomic mass is 10.1. The highest BCUT2D eigenvalue weighted by Crippen LogP contribution is 2.67. The van der Waals surface area contributed by atoms with Gasteiger partial charge in [0.25, 0.3) is 5.92 Å². The Balaban J connectivity index is 2.18. The van der Waals surface area contributed by atoms with E-state index >= 15 is 0 Å². The van der Waals surface area contributed by atoms with E-state index in [1.807, 2.05) is 5.10 Å². The van der Waals surface area contributed by atoms with E-state index in [4.69, 9.17) is 0 Å². The SMILES string of the molecule is FC(F)(F)c1n[nH]c2c1[C@H]1CC1C2(F)F. The normalized spacial score (nSPS) is 31.3. The highest BCUT2D eigenvalue weighted by Gasteiger charge is 2.67. The molecule has 0 radical (unpaired) electrons. The Morgan fingerprint density at radius 1 is 1.33 bits per heavy atom. The van der Waals surface area contributed by atoms with Gasteiger partial charge in [0.15, 0.2) is 5.69 Å². The predicted octanol–water partition coefficient (Wildman–Crippen LogP) is 2.64. The van der Waals surface area contributed by atoms with Crippen molar-refractivity contribution in [2.75, 3.05) is 0 Å². The zero-order chi connectivity index (χ0) is 11.0. The largest absolute Gasteiger partial charge is 0.435 e. The Hall–Kier alpha value is -1.14. The average Bonchev–Trinajstić information content (AvgIpc) is 2.68. The second-order valence-corrected chi connectivity index (χ2v) is 3.93. The number of aromatic amines is 1. The summed E-state index contributed by atoms with van der Waals surface area (Å²) in [7, 11) is 0. The molecule has 0 bridgehead atoms. The van der Waals surface area contributed by atoms with Crippen LogP contribution in [0.15, 0.2) is 0 Å². The first kappa shape index (κ1) is 9.11. The van der Waals surface area contributed by atoms with Crippen molar-refractivity contribution in [3.05, 3.63) is 17.0 Å². The monoisotopic (exact) mass is 224 g/mol. The zero-order valence-corrected chi connectivity index (χ0v) is 7.20. The van der Waals surface area contributed by atoms with Crippen molar-refractivity contribution in [3.63, 3.8) is 0 Å². The fraction of sp³-hybridized carbons (Fsp3) is 0.625. The molecule has 1 heterocycles. The lowest BCUT2D eigenvalue weighted by Crippen LogP contribution is -2.14. The number of nitrogens with zero attached hydrogens (tertiary/aromatic N) is 1. The van der Waals surface area contributed by atoms with E-state index < -0.39 is 35.3 Å². The third-order valence-electron chi connectivity index (χ3n) is 3.03. The minimum atomic E-state index is -4.66. The summed E-state index contributed by atoms with van der Waals surface area (Å²) in [6.45, 7) is 0. The highest BCUT2D eigenvalue weighted by atomic mass is 19.4. The van der Waals surface area contributed by atoms with E-state index in [2.05, 4.69) is 5.10 Å². The molecular weight excluding hydrogens is 219 g/mol. The first-order valence-corrected chi connectivity index (χ1v) is 4.37. The fourth-order valence-electron chi connectivity index (χ4n) is 2.28. The van der Waals surface area contributed by atoms with Gasteiger partial charge in [0, 0.05) is 11.5 Å². The number of aromatic nitrogens is 2. The molecule has 2 nitrogen and oxygen atoms in total. The second-order valence-electron chi connectivity index (χ2n) is 3.93. The Morgan fingerprint density at radius 2 is 2.00 bits per heavy atom.